The fourth-order valence-corrected chi connectivity index (χ4v) is 2.63. The molecule has 4 nitrogen and oxygen atoms in total. The predicted octanol–water partition coefficient (Wildman–Crippen LogP) is 3.27. The topological polar surface area (TPSA) is 45.2 Å². The monoisotopic (exact) mass is 319 g/mol. The van der Waals surface area contributed by atoms with Crippen LogP contribution in [0.15, 0.2) is 24.3 Å². The highest BCUT2D eigenvalue weighted by molar-refractivity contribution is 6.35. The van der Waals surface area contributed by atoms with Gasteiger partial charge in [0, 0.05) is 18.5 Å². The molecule has 118 valence electrons. The highest BCUT2D eigenvalue weighted by Crippen LogP contribution is 2.24. The summed E-state index contributed by atoms with van der Waals surface area (Å²) in [4.78, 5) is 18.9. The zero-order chi connectivity index (χ0) is 16.1. The fraction of sp³-hybridized carbons (Fsp3) is 0.412. The number of rotatable bonds is 6. The van der Waals surface area contributed by atoms with E-state index in [-0.39, 0.29) is 5.91 Å². The van der Waals surface area contributed by atoms with E-state index >= 15 is 0 Å². The maximum atomic E-state index is 12.2. The largest absolute Gasteiger partial charge is 0.349 e. The number of amides is 1. The lowest BCUT2D eigenvalue weighted by Gasteiger charge is -2.17. The minimum absolute atomic E-state index is 0.184. The molecule has 0 bridgehead atoms. The number of aromatic nitrogens is 1. The first kappa shape index (κ1) is 16.7. The minimum Gasteiger partial charge on any atom is -0.349 e. The molecule has 0 aliphatic carbocycles. The van der Waals surface area contributed by atoms with E-state index in [1.165, 1.54) is 0 Å². The molecule has 0 saturated heterocycles. The van der Waals surface area contributed by atoms with E-state index in [0.717, 1.165) is 36.1 Å². The molecule has 0 atom stereocenters. The number of nitrogens with zero attached hydrogens (tertiary/aromatic N) is 2. The zero-order valence-corrected chi connectivity index (χ0v) is 14.1. The van der Waals surface area contributed by atoms with Crippen LogP contribution in [0.1, 0.15) is 29.9 Å². The number of hydrogen-bond acceptors (Lipinski definition) is 3. The molecule has 0 aliphatic heterocycles. The summed E-state index contributed by atoms with van der Waals surface area (Å²) in [5.74, 6) is -0.184. The van der Waals surface area contributed by atoms with E-state index in [4.69, 9.17) is 11.6 Å². The SMILES string of the molecule is CCN(CC)CCNC(=O)c1cc(Cl)c2cc(C)ccc2n1. The molecular formula is C17H22ClN3O. The number of fused-ring (bicyclic) bond motifs is 1. The lowest BCUT2D eigenvalue weighted by atomic mass is 10.1. The first-order valence-corrected chi connectivity index (χ1v) is 8.00. The Bertz CT molecular complexity index is 668. The third kappa shape index (κ3) is 3.96. The van der Waals surface area contributed by atoms with E-state index in [9.17, 15) is 4.79 Å². The third-order valence-corrected chi connectivity index (χ3v) is 4.07. The number of benzene rings is 1. The lowest BCUT2D eigenvalue weighted by molar-refractivity contribution is 0.0944. The molecule has 0 radical (unpaired) electrons. The van der Waals surface area contributed by atoms with E-state index in [2.05, 4.69) is 29.0 Å². The molecule has 1 aromatic carbocycles. The number of aryl methyl sites for hydroxylation is 1. The highest BCUT2D eigenvalue weighted by Gasteiger charge is 2.11. The van der Waals surface area contributed by atoms with Crippen molar-refractivity contribution in [1.82, 2.24) is 15.2 Å². The molecule has 0 aliphatic rings. The summed E-state index contributed by atoms with van der Waals surface area (Å²) in [5.41, 5.74) is 2.22. The molecule has 0 saturated carbocycles. The molecule has 22 heavy (non-hydrogen) atoms. The Labute approximate surface area is 136 Å². The Morgan fingerprint density at radius 1 is 1.27 bits per heavy atom. The van der Waals surface area contributed by atoms with Gasteiger partial charge >= 0.3 is 0 Å². The van der Waals surface area contributed by atoms with Crippen molar-refractivity contribution in [3.63, 3.8) is 0 Å². The van der Waals surface area contributed by atoms with E-state index in [1.54, 1.807) is 6.07 Å². The van der Waals surface area contributed by atoms with E-state index in [0.29, 0.717) is 17.3 Å². The Balaban J connectivity index is 2.10. The first-order valence-electron chi connectivity index (χ1n) is 7.62. The zero-order valence-electron chi connectivity index (χ0n) is 13.3. The normalized spacial score (nSPS) is 11.1. The van der Waals surface area contributed by atoms with Crippen LogP contribution in [-0.4, -0.2) is 42.0 Å². The second-order valence-electron chi connectivity index (χ2n) is 5.29. The summed E-state index contributed by atoms with van der Waals surface area (Å²) in [6.07, 6.45) is 0. The van der Waals surface area contributed by atoms with Crippen LogP contribution in [0.25, 0.3) is 10.9 Å². The molecule has 0 spiro atoms. The van der Waals surface area contributed by atoms with Crippen LogP contribution >= 0.6 is 11.6 Å². The minimum atomic E-state index is -0.184. The average Bonchev–Trinajstić information content (AvgIpc) is 2.52. The number of nitrogens with one attached hydrogen (secondary N) is 1. The van der Waals surface area contributed by atoms with Gasteiger partial charge in [-0.1, -0.05) is 37.1 Å². The third-order valence-electron chi connectivity index (χ3n) is 3.75. The molecule has 1 heterocycles. The molecule has 2 aromatic rings. The number of halogens is 1. The van der Waals surface area contributed by atoms with Gasteiger partial charge in [-0.15, -0.1) is 0 Å². The van der Waals surface area contributed by atoms with Crippen LogP contribution in [0.4, 0.5) is 0 Å². The van der Waals surface area contributed by atoms with Crippen molar-refractivity contribution in [3.05, 3.63) is 40.5 Å². The first-order chi connectivity index (χ1) is 10.5. The quantitative estimate of drug-likeness (QED) is 0.889. The van der Waals surface area contributed by atoms with Gasteiger partial charge in [0.1, 0.15) is 5.69 Å². The van der Waals surface area contributed by atoms with E-state index in [1.807, 2.05) is 25.1 Å². The van der Waals surface area contributed by atoms with Crippen molar-refractivity contribution in [3.8, 4) is 0 Å². The number of pyridine rings is 1. The van der Waals surface area contributed by atoms with Gasteiger partial charge in [-0.2, -0.15) is 0 Å². The van der Waals surface area contributed by atoms with Gasteiger partial charge in [0.2, 0.25) is 0 Å². The second kappa shape index (κ2) is 7.56. The summed E-state index contributed by atoms with van der Waals surface area (Å²) in [7, 11) is 0. The molecule has 0 unspecified atom stereocenters. The van der Waals surface area contributed by atoms with Crippen LogP contribution < -0.4 is 5.32 Å². The number of likely N-dealkylation sites (N-methyl/N-ethyl adjacent to an activating group) is 1. The summed E-state index contributed by atoms with van der Waals surface area (Å²) >= 11 is 6.28. The van der Waals surface area contributed by atoms with Crippen LogP contribution in [0, 0.1) is 6.92 Å². The smallest absolute Gasteiger partial charge is 0.270 e. The van der Waals surface area contributed by atoms with Crippen LogP contribution in [0.5, 0.6) is 0 Å². The molecule has 1 amide bonds. The Kier molecular flexibility index (Phi) is 5.75. The van der Waals surface area contributed by atoms with Crippen molar-refractivity contribution in [2.75, 3.05) is 26.2 Å². The van der Waals surface area contributed by atoms with Gasteiger partial charge in [-0.25, -0.2) is 4.98 Å². The summed E-state index contributed by atoms with van der Waals surface area (Å²) in [6.45, 7) is 9.61. The second-order valence-corrected chi connectivity index (χ2v) is 5.70. The van der Waals surface area contributed by atoms with Crippen molar-refractivity contribution in [1.29, 1.82) is 0 Å². The average molecular weight is 320 g/mol. The van der Waals surface area contributed by atoms with Crippen molar-refractivity contribution >= 4 is 28.4 Å². The Morgan fingerprint density at radius 3 is 2.68 bits per heavy atom. The van der Waals surface area contributed by atoms with Crippen LogP contribution in [0.2, 0.25) is 5.02 Å². The lowest BCUT2D eigenvalue weighted by Crippen LogP contribution is -2.35. The van der Waals surface area contributed by atoms with Crippen LogP contribution in [-0.2, 0) is 0 Å². The van der Waals surface area contributed by atoms with Crippen molar-refractivity contribution < 1.29 is 4.79 Å². The number of hydrogen-bond donors (Lipinski definition) is 1. The fourth-order valence-electron chi connectivity index (χ4n) is 2.37. The Morgan fingerprint density at radius 2 is 2.00 bits per heavy atom. The van der Waals surface area contributed by atoms with Gasteiger partial charge in [-0.3, -0.25) is 4.79 Å². The summed E-state index contributed by atoms with van der Waals surface area (Å²) < 4.78 is 0. The van der Waals surface area contributed by atoms with Crippen molar-refractivity contribution in [2.45, 2.75) is 20.8 Å². The van der Waals surface area contributed by atoms with Gasteiger partial charge in [0.05, 0.1) is 10.5 Å². The molecule has 0 fully saturated rings. The molecule has 2 rings (SSSR count). The number of carbonyl (C=O) groups excluding carboxylic acids is 1. The van der Waals surface area contributed by atoms with Crippen LogP contribution in [0.3, 0.4) is 0 Å². The predicted molar refractivity (Wildman–Crippen MR) is 91.6 cm³/mol. The molecule has 5 heteroatoms. The van der Waals surface area contributed by atoms with Gasteiger partial charge in [-0.05, 0) is 38.2 Å². The van der Waals surface area contributed by atoms with Crippen molar-refractivity contribution in [2.24, 2.45) is 0 Å². The Hall–Kier alpha value is -1.65. The van der Waals surface area contributed by atoms with Gasteiger partial charge in [0.15, 0.2) is 0 Å². The maximum absolute atomic E-state index is 12.2. The summed E-state index contributed by atoms with van der Waals surface area (Å²) in [5, 5.41) is 4.33. The molecule has 1 aromatic heterocycles. The summed E-state index contributed by atoms with van der Waals surface area (Å²) in [6, 6.07) is 7.47. The van der Waals surface area contributed by atoms with E-state index < -0.39 is 0 Å². The number of carbonyl (C=O) groups is 1. The van der Waals surface area contributed by atoms with Gasteiger partial charge < -0.3 is 10.2 Å². The maximum Gasteiger partial charge on any atom is 0.270 e. The van der Waals surface area contributed by atoms with Gasteiger partial charge in [0.25, 0.3) is 5.91 Å². The molecular weight excluding hydrogens is 298 g/mol. The standard InChI is InChI=1S/C17H22ClN3O/c1-4-21(5-2)9-8-19-17(22)16-11-14(18)13-10-12(3)6-7-15(13)20-16/h6-7,10-11H,4-5,8-9H2,1-3H3,(H,19,22). The highest BCUT2D eigenvalue weighted by atomic mass is 35.5. The molecule has 1 N–H and O–H groups in total.